The number of carboxylic acids is 1. The van der Waals surface area contributed by atoms with Crippen LogP contribution < -0.4 is 11.2 Å². The molecule has 2 heterocycles. The standard InChI is InChI=1S/C7H8N4O2.C2H4O2.Na.H/c1-10-5-4(8-3-9-5)6(12)11(2)7(10)13;1-2(3)4;;/h3H,1-2H3,(H,8,9);1H3,(H,3,4);;. The fourth-order valence-electron chi connectivity index (χ4n) is 1.27. The number of carboxylic acid groups (broad SMARTS) is 1. The van der Waals surface area contributed by atoms with Gasteiger partial charge in [0, 0.05) is 21.0 Å². The number of hydrogen-bond acceptors (Lipinski definition) is 4. The predicted molar refractivity (Wildman–Crippen MR) is 67.0 cm³/mol. The summed E-state index contributed by atoms with van der Waals surface area (Å²) in [7, 11) is 3.01. The van der Waals surface area contributed by atoms with Gasteiger partial charge in [0.05, 0.1) is 6.33 Å². The number of nitrogens with zero attached hydrogens (tertiary/aromatic N) is 3. The fraction of sp³-hybridized carbons (Fsp3) is 0.333. The molecule has 94 valence electrons. The van der Waals surface area contributed by atoms with Crippen LogP contribution in [0.1, 0.15) is 6.92 Å². The third-order valence-electron chi connectivity index (χ3n) is 2.03. The van der Waals surface area contributed by atoms with Gasteiger partial charge in [-0.1, -0.05) is 0 Å². The van der Waals surface area contributed by atoms with Crippen molar-refractivity contribution in [2.75, 3.05) is 0 Å². The van der Waals surface area contributed by atoms with Gasteiger partial charge in [-0.05, 0) is 0 Å². The first-order valence-electron chi connectivity index (χ1n) is 4.65. The van der Waals surface area contributed by atoms with Crippen molar-refractivity contribution in [1.82, 2.24) is 19.1 Å². The van der Waals surface area contributed by atoms with Gasteiger partial charge in [0.1, 0.15) is 5.52 Å². The molecule has 0 radical (unpaired) electrons. The number of aliphatic carboxylic acids is 1. The van der Waals surface area contributed by atoms with Crippen LogP contribution in [0.3, 0.4) is 0 Å². The van der Waals surface area contributed by atoms with E-state index >= 15 is 0 Å². The number of carbonyl (C=O) groups is 1. The van der Waals surface area contributed by atoms with Gasteiger partial charge in [-0.3, -0.25) is 18.7 Å². The van der Waals surface area contributed by atoms with Crippen LogP contribution in [-0.2, 0) is 18.9 Å². The van der Waals surface area contributed by atoms with Crippen molar-refractivity contribution >= 4 is 46.7 Å². The molecule has 2 aromatic rings. The van der Waals surface area contributed by atoms with Gasteiger partial charge in [0.25, 0.3) is 11.5 Å². The zero-order valence-electron chi connectivity index (χ0n) is 9.59. The van der Waals surface area contributed by atoms with E-state index in [1.807, 2.05) is 0 Å². The van der Waals surface area contributed by atoms with Crippen LogP contribution in [0.25, 0.3) is 11.2 Å². The summed E-state index contributed by atoms with van der Waals surface area (Å²) in [5.41, 5.74) is 0.0119. The van der Waals surface area contributed by atoms with Crippen LogP contribution in [0.4, 0.5) is 0 Å². The second-order valence-electron chi connectivity index (χ2n) is 3.33. The first-order valence-corrected chi connectivity index (χ1v) is 4.65. The number of imidazole rings is 1. The van der Waals surface area contributed by atoms with Crippen molar-refractivity contribution in [2.45, 2.75) is 6.92 Å². The van der Waals surface area contributed by atoms with E-state index in [-0.39, 0.29) is 40.8 Å². The van der Waals surface area contributed by atoms with Crippen molar-refractivity contribution in [3.8, 4) is 0 Å². The molecular weight excluding hydrogens is 251 g/mol. The molecule has 0 unspecified atom stereocenters. The topological polar surface area (TPSA) is 110 Å². The molecule has 0 fully saturated rings. The first kappa shape index (κ1) is 16.6. The summed E-state index contributed by atoms with van der Waals surface area (Å²) in [5, 5.41) is 7.42. The van der Waals surface area contributed by atoms with E-state index < -0.39 is 5.97 Å². The SMILES string of the molecule is CC(=O)O.Cn1c(=O)c2[nH]cnc2n(C)c1=O.[NaH]. The Balaban J connectivity index is 0.000000512. The molecular formula is C9H13N4NaO4. The van der Waals surface area contributed by atoms with E-state index in [0.717, 1.165) is 11.5 Å². The normalized spacial score (nSPS) is 9.28. The molecule has 18 heavy (non-hydrogen) atoms. The number of rotatable bonds is 0. The molecule has 2 N–H and O–H groups in total. The van der Waals surface area contributed by atoms with Crippen LogP contribution in [0.15, 0.2) is 15.9 Å². The van der Waals surface area contributed by atoms with Gasteiger partial charge >= 0.3 is 35.2 Å². The summed E-state index contributed by atoms with van der Waals surface area (Å²) >= 11 is 0. The molecule has 0 saturated carbocycles. The van der Waals surface area contributed by atoms with Gasteiger partial charge < -0.3 is 10.1 Å². The maximum absolute atomic E-state index is 11.4. The van der Waals surface area contributed by atoms with Crippen molar-refractivity contribution in [3.63, 3.8) is 0 Å². The Morgan fingerprint density at radius 1 is 1.33 bits per heavy atom. The van der Waals surface area contributed by atoms with Gasteiger partial charge in [0.15, 0.2) is 5.65 Å². The summed E-state index contributed by atoms with van der Waals surface area (Å²) in [6.45, 7) is 1.08. The maximum atomic E-state index is 11.4. The van der Waals surface area contributed by atoms with Crippen LogP contribution in [0.2, 0.25) is 0 Å². The van der Waals surface area contributed by atoms with Gasteiger partial charge in [0.2, 0.25) is 0 Å². The van der Waals surface area contributed by atoms with E-state index in [1.165, 1.54) is 17.9 Å². The van der Waals surface area contributed by atoms with Crippen LogP contribution in [-0.4, -0.2) is 59.7 Å². The van der Waals surface area contributed by atoms with Crippen LogP contribution >= 0.6 is 0 Å². The molecule has 0 aliphatic rings. The fourth-order valence-corrected chi connectivity index (χ4v) is 1.27. The molecule has 0 aliphatic carbocycles. The van der Waals surface area contributed by atoms with Gasteiger partial charge in [-0.25, -0.2) is 9.78 Å². The van der Waals surface area contributed by atoms with Crippen molar-refractivity contribution < 1.29 is 9.90 Å². The molecule has 8 nitrogen and oxygen atoms in total. The minimum atomic E-state index is -0.833. The Bertz CT molecular complexity index is 665. The summed E-state index contributed by atoms with van der Waals surface area (Å²) in [5.74, 6) is -0.833. The second kappa shape index (κ2) is 6.53. The molecule has 9 heteroatoms. The van der Waals surface area contributed by atoms with Crippen LogP contribution in [0, 0.1) is 0 Å². The molecule has 2 aromatic heterocycles. The number of aromatic amines is 1. The van der Waals surface area contributed by atoms with Crippen molar-refractivity contribution in [2.24, 2.45) is 14.1 Å². The molecule has 0 aliphatic heterocycles. The summed E-state index contributed by atoms with van der Waals surface area (Å²) in [6.07, 6.45) is 1.39. The Morgan fingerprint density at radius 2 is 1.83 bits per heavy atom. The second-order valence-corrected chi connectivity index (χ2v) is 3.33. The molecule has 0 spiro atoms. The molecule has 0 atom stereocenters. The van der Waals surface area contributed by atoms with Crippen LogP contribution in [0.5, 0.6) is 0 Å². The number of nitrogens with one attached hydrogen (secondary N) is 1. The van der Waals surface area contributed by atoms with Gasteiger partial charge in [-0.2, -0.15) is 0 Å². The number of fused-ring (bicyclic) bond motifs is 1. The Hall–Kier alpha value is -1.38. The molecule has 0 amide bonds. The van der Waals surface area contributed by atoms with Crippen molar-refractivity contribution in [1.29, 1.82) is 0 Å². The number of aryl methyl sites for hydroxylation is 1. The van der Waals surface area contributed by atoms with E-state index in [1.54, 1.807) is 7.05 Å². The number of H-pyrrole nitrogens is 1. The number of aromatic nitrogens is 4. The molecule has 0 saturated heterocycles. The quantitative estimate of drug-likeness (QED) is 0.557. The average Bonchev–Trinajstić information content (AvgIpc) is 2.71. The van der Waals surface area contributed by atoms with Crippen molar-refractivity contribution in [3.05, 3.63) is 27.2 Å². The summed E-state index contributed by atoms with van der Waals surface area (Å²) in [6, 6.07) is 0. The third kappa shape index (κ3) is 3.31. The Labute approximate surface area is 124 Å². The molecule has 0 bridgehead atoms. The molecule has 0 aromatic carbocycles. The van der Waals surface area contributed by atoms with E-state index in [0.29, 0.717) is 11.2 Å². The first-order chi connectivity index (χ1) is 7.86. The van der Waals surface area contributed by atoms with E-state index in [9.17, 15) is 9.59 Å². The van der Waals surface area contributed by atoms with E-state index in [4.69, 9.17) is 9.90 Å². The minimum absolute atomic E-state index is 0. The van der Waals surface area contributed by atoms with Gasteiger partial charge in [-0.15, -0.1) is 0 Å². The number of hydrogen-bond donors (Lipinski definition) is 2. The third-order valence-corrected chi connectivity index (χ3v) is 2.03. The molecule has 2 rings (SSSR count). The Morgan fingerprint density at radius 3 is 2.33 bits per heavy atom. The Kier molecular flexibility index (Phi) is 6.02. The monoisotopic (exact) mass is 264 g/mol. The predicted octanol–water partition coefficient (Wildman–Crippen LogP) is -1.60. The summed E-state index contributed by atoms with van der Waals surface area (Å²) < 4.78 is 2.37. The zero-order chi connectivity index (χ0) is 13.2. The average molecular weight is 264 g/mol. The summed E-state index contributed by atoms with van der Waals surface area (Å²) in [4.78, 5) is 38.4. The zero-order valence-corrected chi connectivity index (χ0v) is 9.59. The van der Waals surface area contributed by atoms with E-state index in [2.05, 4.69) is 9.97 Å².